The van der Waals surface area contributed by atoms with Crippen LogP contribution < -0.4 is 5.32 Å². The molecular formula is C26H40N8O2. The summed E-state index contributed by atoms with van der Waals surface area (Å²) in [5, 5.41) is 11.0. The molecule has 2 aromatic heterocycles. The number of piperazine rings is 1. The zero-order valence-electron chi connectivity index (χ0n) is 22.5. The number of aromatic nitrogens is 4. The molecule has 2 N–H and O–H groups in total. The molecule has 0 unspecified atom stereocenters. The predicted octanol–water partition coefficient (Wildman–Crippen LogP) is 3.55. The van der Waals surface area contributed by atoms with Gasteiger partial charge < -0.3 is 19.9 Å². The van der Waals surface area contributed by atoms with Crippen molar-refractivity contribution in [1.82, 2.24) is 34.9 Å². The van der Waals surface area contributed by atoms with E-state index in [0.29, 0.717) is 30.3 Å². The Bertz CT molecular complexity index is 1090. The van der Waals surface area contributed by atoms with E-state index in [0.717, 1.165) is 68.3 Å². The van der Waals surface area contributed by atoms with E-state index in [4.69, 9.17) is 4.74 Å². The fourth-order valence-electron chi connectivity index (χ4n) is 5.95. The highest BCUT2D eigenvalue weighted by atomic mass is 16.5. The number of carbonyl (C=O) groups excluding carboxylic acids is 1. The van der Waals surface area contributed by atoms with Crippen LogP contribution in [-0.4, -0.2) is 85.8 Å². The van der Waals surface area contributed by atoms with E-state index in [1.807, 2.05) is 24.8 Å². The third-order valence-electron chi connectivity index (χ3n) is 8.11. The SMILES string of the molecule is Cc1cc(C)nc(Nc2n[nH]c3c2CN(C(=O)N2C[C@@H](C)N(CC4CCOCC4)C[C@H]2C)C3(C)C)n1. The van der Waals surface area contributed by atoms with Crippen molar-refractivity contribution in [2.45, 2.75) is 78.6 Å². The second-order valence-corrected chi connectivity index (χ2v) is 11.3. The number of amides is 2. The van der Waals surface area contributed by atoms with Crippen LogP contribution in [0.3, 0.4) is 0 Å². The van der Waals surface area contributed by atoms with Crippen molar-refractivity contribution in [2.24, 2.45) is 5.92 Å². The zero-order chi connectivity index (χ0) is 25.6. The molecule has 0 aromatic carbocycles. The molecule has 5 rings (SSSR count). The molecule has 2 fully saturated rings. The van der Waals surface area contributed by atoms with Crippen molar-refractivity contribution in [3.8, 4) is 0 Å². The summed E-state index contributed by atoms with van der Waals surface area (Å²) in [7, 11) is 0. The molecule has 2 amide bonds. The molecular weight excluding hydrogens is 456 g/mol. The number of hydrogen-bond acceptors (Lipinski definition) is 7. The summed E-state index contributed by atoms with van der Waals surface area (Å²) >= 11 is 0. The van der Waals surface area contributed by atoms with Gasteiger partial charge in [-0.05, 0) is 66.4 Å². The minimum atomic E-state index is -0.495. The highest BCUT2D eigenvalue weighted by Gasteiger charge is 2.47. The topological polar surface area (TPSA) is 103 Å². The molecule has 5 heterocycles. The first-order valence-electron chi connectivity index (χ1n) is 13.2. The maximum absolute atomic E-state index is 13.9. The van der Waals surface area contributed by atoms with E-state index in [1.54, 1.807) is 0 Å². The fraction of sp³-hybridized carbons (Fsp3) is 0.692. The van der Waals surface area contributed by atoms with Crippen molar-refractivity contribution < 1.29 is 9.53 Å². The van der Waals surface area contributed by atoms with Gasteiger partial charge in [-0.3, -0.25) is 10.00 Å². The Morgan fingerprint density at radius 1 is 1.14 bits per heavy atom. The lowest BCUT2D eigenvalue weighted by Crippen LogP contribution is -2.62. The first-order valence-corrected chi connectivity index (χ1v) is 13.2. The van der Waals surface area contributed by atoms with Crippen molar-refractivity contribution in [2.75, 3.05) is 38.2 Å². The summed E-state index contributed by atoms with van der Waals surface area (Å²) in [6, 6.07) is 2.51. The Labute approximate surface area is 213 Å². The number of fused-ring (bicyclic) bond motifs is 1. The molecule has 36 heavy (non-hydrogen) atoms. The van der Waals surface area contributed by atoms with E-state index < -0.39 is 5.54 Å². The zero-order valence-corrected chi connectivity index (χ0v) is 22.5. The van der Waals surface area contributed by atoms with Gasteiger partial charge in [-0.15, -0.1) is 0 Å². The van der Waals surface area contributed by atoms with Gasteiger partial charge in [0.15, 0.2) is 5.82 Å². The summed E-state index contributed by atoms with van der Waals surface area (Å²) in [4.78, 5) is 29.5. The van der Waals surface area contributed by atoms with Crippen LogP contribution in [0.25, 0.3) is 0 Å². The Hall–Kier alpha value is -2.72. The highest BCUT2D eigenvalue weighted by molar-refractivity contribution is 5.78. The van der Waals surface area contributed by atoms with Gasteiger partial charge in [0.1, 0.15) is 0 Å². The van der Waals surface area contributed by atoms with Gasteiger partial charge in [0.05, 0.1) is 17.8 Å². The lowest BCUT2D eigenvalue weighted by atomic mass is 9.97. The van der Waals surface area contributed by atoms with Crippen LogP contribution in [0.5, 0.6) is 0 Å². The van der Waals surface area contributed by atoms with Crippen LogP contribution in [0.4, 0.5) is 16.6 Å². The summed E-state index contributed by atoms with van der Waals surface area (Å²) < 4.78 is 5.54. The van der Waals surface area contributed by atoms with Gasteiger partial charge in [0, 0.05) is 61.9 Å². The molecule has 0 spiro atoms. The van der Waals surface area contributed by atoms with Gasteiger partial charge in [0.2, 0.25) is 5.95 Å². The highest BCUT2D eigenvalue weighted by Crippen LogP contribution is 2.42. The lowest BCUT2D eigenvalue weighted by molar-refractivity contribution is 0.00882. The molecule has 196 valence electrons. The molecule has 0 bridgehead atoms. The molecule has 0 saturated carbocycles. The minimum absolute atomic E-state index is 0.0864. The van der Waals surface area contributed by atoms with E-state index >= 15 is 0 Å². The van der Waals surface area contributed by atoms with Gasteiger partial charge >= 0.3 is 6.03 Å². The van der Waals surface area contributed by atoms with Crippen LogP contribution in [0.15, 0.2) is 6.07 Å². The standard InChI is InChI=1S/C26H40N8O2/c1-16-11-17(2)28-24(27-16)29-23-21-15-34(26(5,6)22(21)30-31-23)25(35)33-13-18(3)32(12-19(33)4)14-20-7-9-36-10-8-20/h11,18-20H,7-10,12-15H2,1-6H3,(H2,27,28,29,30,31)/t18-,19-/m1/s1. The summed E-state index contributed by atoms with van der Waals surface area (Å²) in [6.45, 7) is 17.5. The molecule has 0 aliphatic carbocycles. The minimum Gasteiger partial charge on any atom is -0.381 e. The Kier molecular flexibility index (Phi) is 6.67. The molecule has 10 heteroatoms. The predicted molar refractivity (Wildman–Crippen MR) is 138 cm³/mol. The monoisotopic (exact) mass is 496 g/mol. The Morgan fingerprint density at radius 3 is 2.53 bits per heavy atom. The number of anilines is 2. The summed E-state index contributed by atoms with van der Waals surface area (Å²) in [5.41, 5.74) is 3.25. The van der Waals surface area contributed by atoms with E-state index in [2.05, 4.69) is 63.0 Å². The van der Waals surface area contributed by atoms with Crippen molar-refractivity contribution in [3.05, 3.63) is 28.7 Å². The van der Waals surface area contributed by atoms with E-state index in [-0.39, 0.29) is 12.1 Å². The van der Waals surface area contributed by atoms with Gasteiger partial charge in [-0.25, -0.2) is 14.8 Å². The average molecular weight is 497 g/mol. The first-order chi connectivity index (χ1) is 17.1. The van der Waals surface area contributed by atoms with E-state index in [9.17, 15) is 4.79 Å². The number of H-pyrrole nitrogens is 1. The van der Waals surface area contributed by atoms with Crippen LogP contribution in [0, 0.1) is 19.8 Å². The molecule has 2 aromatic rings. The quantitative estimate of drug-likeness (QED) is 0.667. The summed E-state index contributed by atoms with van der Waals surface area (Å²) in [6.07, 6.45) is 2.27. The van der Waals surface area contributed by atoms with Crippen molar-refractivity contribution in [1.29, 1.82) is 0 Å². The lowest BCUT2D eigenvalue weighted by Gasteiger charge is -2.47. The van der Waals surface area contributed by atoms with Crippen molar-refractivity contribution in [3.63, 3.8) is 0 Å². The van der Waals surface area contributed by atoms with E-state index in [1.165, 1.54) is 0 Å². The largest absolute Gasteiger partial charge is 0.381 e. The third-order valence-corrected chi connectivity index (χ3v) is 8.11. The van der Waals surface area contributed by atoms with Gasteiger partial charge in [0.25, 0.3) is 0 Å². The van der Waals surface area contributed by atoms with Crippen LogP contribution in [0.2, 0.25) is 0 Å². The van der Waals surface area contributed by atoms with Crippen LogP contribution in [0.1, 0.15) is 63.2 Å². The van der Waals surface area contributed by atoms with Crippen LogP contribution in [-0.2, 0) is 16.8 Å². The number of aryl methyl sites for hydroxylation is 2. The average Bonchev–Trinajstić information content (AvgIpc) is 3.33. The van der Waals surface area contributed by atoms with Gasteiger partial charge in [-0.2, -0.15) is 5.10 Å². The number of carbonyl (C=O) groups is 1. The van der Waals surface area contributed by atoms with Crippen LogP contribution >= 0.6 is 0 Å². The number of hydrogen-bond donors (Lipinski definition) is 2. The summed E-state index contributed by atoms with van der Waals surface area (Å²) in [5.74, 6) is 1.89. The smallest absolute Gasteiger partial charge is 0.321 e. The Morgan fingerprint density at radius 2 is 1.83 bits per heavy atom. The molecule has 2 atom stereocenters. The third kappa shape index (κ3) is 4.68. The second kappa shape index (κ2) is 9.63. The maximum atomic E-state index is 13.9. The molecule has 10 nitrogen and oxygen atoms in total. The number of rotatable bonds is 4. The number of ether oxygens (including phenoxy) is 1. The first kappa shape index (κ1) is 25.0. The second-order valence-electron chi connectivity index (χ2n) is 11.3. The maximum Gasteiger partial charge on any atom is 0.321 e. The molecule has 0 radical (unpaired) electrons. The normalized spacial score (nSPS) is 24.7. The number of aromatic amines is 1. The Balaban J connectivity index is 1.28. The molecule has 3 aliphatic heterocycles. The molecule has 2 saturated heterocycles. The van der Waals surface area contributed by atoms with Crippen molar-refractivity contribution >= 4 is 17.8 Å². The number of nitrogens with one attached hydrogen (secondary N) is 2. The fourth-order valence-corrected chi connectivity index (χ4v) is 5.95. The molecule has 3 aliphatic rings. The number of nitrogens with zero attached hydrogens (tertiary/aromatic N) is 6. The van der Waals surface area contributed by atoms with Gasteiger partial charge in [-0.1, -0.05) is 0 Å². The number of urea groups is 1.